The molecule has 1 unspecified atom stereocenters. The second-order valence-electron chi connectivity index (χ2n) is 4.68. The maximum absolute atomic E-state index is 12.1. The van der Waals surface area contributed by atoms with Gasteiger partial charge in [0.15, 0.2) is 0 Å². The van der Waals surface area contributed by atoms with Crippen LogP contribution in [-0.4, -0.2) is 28.4 Å². The van der Waals surface area contributed by atoms with E-state index in [1.165, 1.54) is 0 Å². The Balaban J connectivity index is 2.00. The van der Waals surface area contributed by atoms with Gasteiger partial charge >= 0.3 is 5.97 Å². The quantitative estimate of drug-likeness (QED) is 0.884. The summed E-state index contributed by atoms with van der Waals surface area (Å²) in [7, 11) is 0. The highest BCUT2D eigenvalue weighted by Gasteiger charge is 2.30. The zero-order valence-electron chi connectivity index (χ0n) is 10.2. The fourth-order valence-corrected chi connectivity index (χ4v) is 2.38. The molecule has 0 spiro atoms. The number of rotatable bonds is 4. The number of likely N-dealkylation sites (tertiary alicyclic amines) is 1. The van der Waals surface area contributed by atoms with Crippen molar-refractivity contribution in [2.75, 3.05) is 6.54 Å². The molecule has 0 aliphatic carbocycles. The first-order valence-electron chi connectivity index (χ1n) is 6.21. The molecule has 2 rings (SSSR count). The Morgan fingerprint density at radius 3 is 2.72 bits per heavy atom. The van der Waals surface area contributed by atoms with E-state index < -0.39 is 5.97 Å². The lowest BCUT2D eigenvalue weighted by Gasteiger charge is -2.31. The SMILES string of the molecule is O=C(O)CC1CCCN(Cc2ccccc2)C1=O. The maximum atomic E-state index is 12.1. The third-order valence-corrected chi connectivity index (χ3v) is 3.28. The van der Waals surface area contributed by atoms with Gasteiger partial charge in [-0.1, -0.05) is 30.3 Å². The van der Waals surface area contributed by atoms with Crippen molar-refractivity contribution < 1.29 is 14.7 Å². The van der Waals surface area contributed by atoms with Crippen molar-refractivity contribution in [1.82, 2.24) is 4.90 Å². The summed E-state index contributed by atoms with van der Waals surface area (Å²) in [4.78, 5) is 24.6. The summed E-state index contributed by atoms with van der Waals surface area (Å²) >= 11 is 0. The average molecular weight is 247 g/mol. The number of carbonyl (C=O) groups is 2. The highest BCUT2D eigenvalue weighted by molar-refractivity contribution is 5.83. The summed E-state index contributed by atoms with van der Waals surface area (Å²) in [6.45, 7) is 1.31. The van der Waals surface area contributed by atoms with Crippen LogP contribution in [0.25, 0.3) is 0 Å². The summed E-state index contributed by atoms with van der Waals surface area (Å²) in [5, 5.41) is 8.79. The molecule has 1 aromatic carbocycles. The summed E-state index contributed by atoms with van der Waals surface area (Å²) in [6.07, 6.45) is 1.52. The first-order chi connectivity index (χ1) is 8.66. The van der Waals surface area contributed by atoms with Crippen molar-refractivity contribution in [2.24, 2.45) is 5.92 Å². The van der Waals surface area contributed by atoms with Crippen LogP contribution < -0.4 is 0 Å². The number of hydrogen-bond acceptors (Lipinski definition) is 2. The van der Waals surface area contributed by atoms with E-state index in [9.17, 15) is 9.59 Å². The Bertz CT molecular complexity index is 430. The van der Waals surface area contributed by atoms with Gasteiger partial charge in [0.25, 0.3) is 0 Å². The van der Waals surface area contributed by atoms with Crippen molar-refractivity contribution in [3.8, 4) is 0 Å². The first kappa shape index (κ1) is 12.6. The molecule has 1 heterocycles. The van der Waals surface area contributed by atoms with Crippen LogP contribution in [-0.2, 0) is 16.1 Å². The lowest BCUT2D eigenvalue weighted by molar-refractivity contribution is -0.147. The largest absolute Gasteiger partial charge is 0.481 e. The number of amides is 1. The summed E-state index contributed by atoms with van der Waals surface area (Å²) in [5.41, 5.74) is 1.09. The highest BCUT2D eigenvalue weighted by Crippen LogP contribution is 2.22. The molecule has 1 amide bonds. The molecule has 1 atom stereocenters. The molecule has 0 radical (unpaired) electrons. The van der Waals surface area contributed by atoms with Gasteiger partial charge in [0.05, 0.1) is 6.42 Å². The number of hydrogen-bond donors (Lipinski definition) is 1. The van der Waals surface area contributed by atoms with Gasteiger partial charge in [0.2, 0.25) is 5.91 Å². The van der Waals surface area contributed by atoms with Crippen molar-refractivity contribution in [1.29, 1.82) is 0 Å². The molecular weight excluding hydrogens is 230 g/mol. The molecule has 1 aliphatic heterocycles. The molecule has 1 aliphatic rings. The van der Waals surface area contributed by atoms with Crippen molar-refractivity contribution >= 4 is 11.9 Å². The molecule has 0 aromatic heterocycles. The minimum absolute atomic E-state index is 0.0208. The number of aliphatic carboxylic acids is 1. The number of nitrogens with zero attached hydrogens (tertiary/aromatic N) is 1. The molecule has 18 heavy (non-hydrogen) atoms. The van der Waals surface area contributed by atoms with Gasteiger partial charge in [-0.2, -0.15) is 0 Å². The molecule has 0 saturated carbocycles. The fraction of sp³-hybridized carbons (Fsp3) is 0.429. The van der Waals surface area contributed by atoms with E-state index in [4.69, 9.17) is 5.11 Å². The average Bonchev–Trinajstić information content (AvgIpc) is 2.35. The van der Waals surface area contributed by atoms with E-state index in [-0.39, 0.29) is 18.2 Å². The topological polar surface area (TPSA) is 57.6 Å². The summed E-state index contributed by atoms with van der Waals surface area (Å²) in [6, 6.07) is 9.79. The van der Waals surface area contributed by atoms with E-state index in [0.717, 1.165) is 18.5 Å². The molecule has 0 bridgehead atoms. The smallest absolute Gasteiger partial charge is 0.304 e. The van der Waals surface area contributed by atoms with E-state index in [1.54, 1.807) is 4.90 Å². The standard InChI is InChI=1S/C14H17NO3/c16-13(17)9-12-7-4-8-15(14(12)18)10-11-5-2-1-3-6-11/h1-3,5-6,12H,4,7-10H2,(H,16,17). The predicted octanol–water partition coefficient (Wildman–Crippen LogP) is 1.90. The van der Waals surface area contributed by atoms with Crippen molar-refractivity contribution in [3.05, 3.63) is 35.9 Å². The Labute approximate surface area is 106 Å². The monoisotopic (exact) mass is 247 g/mol. The minimum Gasteiger partial charge on any atom is -0.481 e. The number of piperidine rings is 1. The van der Waals surface area contributed by atoms with Gasteiger partial charge in [-0.3, -0.25) is 9.59 Å². The van der Waals surface area contributed by atoms with E-state index in [2.05, 4.69) is 0 Å². The molecule has 4 nitrogen and oxygen atoms in total. The van der Waals surface area contributed by atoms with Gasteiger partial charge < -0.3 is 10.0 Å². The van der Waals surface area contributed by atoms with Gasteiger partial charge in [0.1, 0.15) is 0 Å². The van der Waals surface area contributed by atoms with E-state index >= 15 is 0 Å². The van der Waals surface area contributed by atoms with Gasteiger partial charge in [-0.05, 0) is 18.4 Å². The normalized spacial score (nSPS) is 19.9. The molecule has 1 fully saturated rings. The molecule has 1 saturated heterocycles. The molecule has 96 valence electrons. The third-order valence-electron chi connectivity index (χ3n) is 3.28. The van der Waals surface area contributed by atoms with Gasteiger partial charge in [-0.25, -0.2) is 0 Å². The summed E-state index contributed by atoms with van der Waals surface area (Å²) < 4.78 is 0. The predicted molar refractivity (Wildman–Crippen MR) is 66.8 cm³/mol. The minimum atomic E-state index is -0.894. The van der Waals surface area contributed by atoms with Gasteiger partial charge in [-0.15, -0.1) is 0 Å². The lowest BCUT2D eigenvalue weighted by atomic mass is 9.93. The Morgan fingerprint density at radius 2 is 2.06 bits per heavy atom. The molecule has 1 aromatic rings. The Kier molecular flexibility index (Phi) is 3.97. The number of carboxylic acid groups (broad SMARTS) is 1. The van der Waals surface area contributed by atoms with Gasteiger partial charge in [0, 0.05) is 19.0 Å². The number of benzene rings is 1. The second kappa shape index (κ2) is 5.67. The lowest BCUT2D eigenvalue weighted by Crippen LogP contribution is -2.41. The first-order valence-corrected chi connectivity index (χ1v) is 6.21. The highest BCUT2D eigenvalue weighted by atomic mass is 16.4. The van der Waals surface area contributed by atoms with Crippen LogP contribution in [0.3, 0.4) is 0 Å². The third kappa shape index (κ3) is 3.09. The van der Waals surface area contributed by atoms with E-state index in [0.29, 0.717) is 13.0 Å². The zero-order valence-corrected chi connectivity index (χ0v) is 10.2. The van der Waals surface area contributed by atoms with Crippen molar-refractivity contribution in [3.63, 3.8) is 0 Å². The second-order valence-corrected chi connectivity index (χ2v) is 4.68. The zero-order chi connectivity index (χ0) is 13.0. The van der Waals surface area contributed by atoms with Crippen LogP contribution in [0.5, 0.6) is 0 Å². The van der Waals surface area contributed by atoms with Crippen LogP contribution >= 0.6 is 0 Å². The van der Waals surface area contributed by atoms with Crippen LogP contribution in [0, 0.1) is 5.92 Å². The van der Waals surface area contributed by atoms with Crippen LogP contribution in [0.1, 0.15) is 24.8 Å². The van der Waals surface area contributed by atoms with E-state index in [1.807, 2.05) is 30.3 Å². The van der Waals surface area contributed by atoms with Crippen molar-refractivity contribution in [2.45, 2.75) is 25.8 Å². The summed E-state index contributed by atoms with van der Waals surface area (Å²) in [5.74, 6) is -1.26. The molecule has 1 N–H and O–H groups in total. The number of carbonyl (C=O) groups excluding carboxylic acids is 1. The fourth-order valence-electron chi connectivity index (χ4n) is 2.38. The molecular formula is C14H17NO3. The molecule has 4 heteroatoms. The van der Waals surface area contributed by atoms with Crippen LogP contribution in [0.4, 0.5) is 0 Å². The Hall–Kier alpha value is -1.84. The Morgan fingerprint density at radius 1 is 1.33 bits per heavy atom. The van der Waals surface area contributed by atoms with Crippen LogP contribution in [0.15, 0.2) is 30.3 Å². The van der Waals surface area contributed by atoms with Crippen LogP contribution in [0.2, 0.25) is 0 Å². The maximum Gasteiger partial charge on any atom is 0.304 e. The number of carboxylic acids is 1.